The van der Waals surface area contributed by atoms with Crippen LogP contribution in [0.4, 0.5) is 5.82 Å². The van der Waals surface area contributed by atoms with Crippen LogP contribution in [-0.4, -0.2) is 16.7 Å². The first kappa shape index (κ1) is 12.0. The maximum atomic E-state index is 5.86. The van der Waals surface area contributed by atoms with Gasteiger partial charge in [-0.1, -0.05) is 23.8 Å². The molecule has 0 bridgehead atoms. The molecular weight excluding hydrogens is 210 g/mol. The first-order chi connectivity index (χ1) is 7.16. The van der Waals surface area contributed by atoms with Crippen molar-refractivity contribution in [1.82, 2.24) is 10.2 Å². The number of aromatic nitrogens is 2. The van der Waals surface area contributed by atoms with Crippen molar-refractivity contribution in [3.63, 3.8) is 0 Å². The summed E-state index contributed by atoms with van der Waals surface area (Å²) in [6, 6.07) is 0. The molecule has 82 valence electrons. The summed E-state index contributed by atoms with van der Waals surface area (Å²) in [5, 5.41) is 11.6. The zero-order valence-corrected chi connectivity index (χ0v) is 10.1. The minimum atomic E-state index is 0.478. The van der Waals surface area contributed by atoms with E-state index in [1.807, 2.05) is 26.8 Å². The van der Waals surface area contributed by atoms with Crippen molar-refractivity contribution in [3.8, 4) is 0 Å². The van der Waals surface area contributed by atoms with Gasteiger partial charge in [-0.05, 0) is 38.3 Å². The fraction of sp³-hybridized carbons (Fsp3) is 0.455. The molecule has 15 heavy (non-hydrogen) atoms. The lowest BCUT2D eigenvalue weighted by atomic mass is 10.2. The van der Waals surface area contributed by atoms with Crippen LogP contribution in [0.2, 0.25) is 5.15 Å². The summed E-state index contributed by atoms with van der Waals surface area (Å²) in [7, 11) is 0. The standard InChI is InChI=1S/C11H16ClN3/c1-4-5-6-7-13-11-9(3)8(2)10(12)14-15-11/h4-5H,6-7H2,1-3H3,(H,13,15)/b5-4+. The van der Waals surface area contributed by atoms with Gasteiger partial charge in [0.2, 0.25) is 0 Å². The summed E-state index contributed by atoms with van der Waals surface area (Å²) in [4.78, 5) is 0. The van der Waals surface area contributed by atoms with Crippen molar-refractivity contribution in [2.75, 3.05) is 11.9 Å². The lowest BCUT2D eigenvalue weighted by Crippen LogP contribution is -2.06. The number of nitrogens with one attached hydrogen (secondary N) is 1. The lowest BCUT2D eigenvalue weighted by Gasteiger charge is -2.09. The maximum absolute atomic E-state index is 5.86. The zero-order chi connectivity index (χ0) is 11.3. The summed E-state index contributed by atoms with van der Waals surface area (Å²) in [5.41, 5.74) is 2.05. The first-order valence-corrected chi connectivity index (χ1v) is 5.39. The molecule has 0 radical (unpaired) electrons. The van der Waals surface area contributed by atoms with Crippen molar-refractivity contribution in [2.45, 2.75) is 27.2 Å². The lowest BCUT2D eigenvalue weighted by molar-refractivity contribution is 0.960. The molecule has 0 saturated heterocycles. The van der Waals surface area contributed by atoms with Crippen LogP contribution in [0.1, 0.15) is 24.5 Å². The third-order valence-corrected chi connectivity index (χ3v) is 2.66. The number of halogens is 1. The van der Waals surface area contributed by atoms with Crippen LogP contribution in [0.5, 0.6) is 0 Å². The molecule has 3 nitrogen and oxygen atoms in total. The molecule has 0 atom stereocenters. The molecule has 0 fully saturated rings. The van der Waals surface area contributed by atoms with E-state index in [2.05, 4.69) is 21.6 Å². The van der Waals surface area contributed by atoms with Gasteiger partial charge in [-0.3, -0.25) is 0 Å². The second-order valence-corrected chi connectivity index (χ2v) is 3.73. The number of rotatable bonds is 4. The van der Waals surface area contributed by atoms with Crippen molar-refractivity contribution >= 4 is 17.4 Å². The number of hydrogen-bond donors (Lipinski definition) is 1. The molecule has 0 aliphatic carbocycles. The molecule has 0 aliphatic heterocycles. The van der Waals surface area contributed by atoms with Gasteiger partial charge in [-0.15, -0.1) is 10.2 Å². The summed E-state index contributed by atoms with van der Waals surface area (Å²) in [6.45, 7) is 6.82. The Morgan fingerprint density at radius 3 is 2.67 bits per heavy atom. The highest BCUT2D eigenvalue weighted by molar-refractivity contribution is 6.30. The summed E-state index contributed by atoms with van der Waals surface area (Å²) in [6.07, 6.45) is 5.13. The van der Waals surface area contributed by atoms with Gasteiger partial charge in [0, 0.05) is 6.54 Å². The van der Waals surface area contributed by atoms with Crippen LogP contribution in [0, 0.1) is 13.8 Å². The van der Waals surface area contributed by atoms with E-state index in [1.165, 1.54) is 0 Å². The molecule has 4 heteroatoms. The molecule has 1 aromatic heterocycles. The number of hydrogen-bond acceptors (Lipinski definition) is 3. The fourth-order valence-electron chi connectivity index (χ4n) is 1.18. The molecule has 1 heterocycles. The minimum absolute atomic E-state index is 0.478. The Bertz CT molecular complexity index is 361. The predicted molar refractivity (Wildman–Crippen MR) is 64.4 cm³/mol. The Kier molecular flexibility index (Phi) is 4.56. The summed E-state index contributed by atoms with van der Waals surface area (Å²) >= 11 is 5.86. The molecule has 0 aromatic carbocycles. The molecule has 1 rings (SSSR count). The van der Waals surface area contributed by atoms with Gasteiger partial charge in [0.05, 0.1) is 0 Å². The van der Waals surface area contributed by atoms with Crippen LogP contribution in [0.15, 0.2) is 12.2 Å². The van der Waals surface area contributed by atoms with Crippen LogP contribution in [0.25, 0.3) is 0 Å². The van der Waals surface area contributed by atoms with Gasteiger partial charge >= 0.3 is 0 Å². The zero-order valence-electron chi connectivity index (χ0n) is 9.34. The van der Waals surface area contributed by atoms with Gasteiger partial charge in [-0.2, -0.15) is 0 Å². The molecule has 0 saturated carbocycles. The quantitative estimate of drug-likeness (QED) is 0.632. The predicted octanol–water partition coefficient (Wildman–Crippen LogP) is 3.12. The molecular formula is C11H16ClN3. The Balaban J connectivity index is 2.66. The summed E-state index contributed by atoms with van der Waals surface area (Å²) in [5.74, 6) is 0.821. The molecule has 0 aliphatic rings. The molecule has 1 aromatic rings. The first-order valence-electron chi connectivity index (χ1n) is 5.01. The number of anilines is 1. The van der Waals surface area contributed by atoms with Crippen LogP contribution in [0.3, 0.4) is 0 Å². The van der Waals surface area contributed by atoms with Gasteiger partial charge in [0.15, 0.2) is 11.0 Å². The van der Waals surface area contributed by atoms with Crippen LogP contribution >= 0.6 is 11.6 Å². The Labute approximate surface area is 95.6 Å². The summed E-state index contributed by atoms with van der Waals surface area (Å²) < 4.78 is 0. The Hall–Kier alpha value is -1.09. The van der Waals surface area contributed by atoms with E-state index in [1.54, 1.807) is 0 Å². The SMILES string of the molecule is C/C=C/CCNc1nnc(Cl)c(C)c1C. The van der Waals surface area contributed by atoms with Crippen molar-refractivity contribution in [2.24, 2.45) is 0 Å². The smallest absolute Gasteiger partial charge is 0.155 e. The van der Waals surface area contributed by atoms with Crippen molar-refractivity contribution in [3.05, 3.63) is 28.4 Å². The topological polar surface area (TPSA) is 37.8 Å². The normalized spacial score (nSPS) is 10.9. The van der Waals surface area contributed by atoms with Gasteiger partial charge in [-0.25, -0.2) is 0 Å². The molecule has 0 unspecified atom stereocenters. The van der Waals surface area contributed by atoms with E-state index in [4.69, 9.17) is 11.6 Å². The molecule has 0 amide bonds. The van der Waals surface area contributed by atoms with E-state index in [0.29, 0.717) is 5.15 Å². The highest BCUT2D eigenvalue weighted by Gasteiger charge is 2.06. The van der Waals surface area contributed by atoms with Gasteiger partial charge < -0.3 is 5.32 Å². The fourth-order valence-corrected chi connectivity index (χ4v) is 1.36. The minimum Gasteiger partial charge on any atom is -0.368 e. The van der Waals surface area contributed by atoms with E-state index < -0.39 is 0 Å². The van der Waals surface area contributed by atoms with E-state index in [9.17, 15) is 0 Å². The van der Waals surface area contributed by atoms with Gasteiger partial charge in [0.1, 0.15) is 0 Å². The Morgan fingerprint density at radius 1 is 1.27 bits per heavy atom. The number of nitrogens with zero attached hydrogens (tertiary/aromatic N) is 2. The van der Waals surface area contributed by atoms with E-state index in [-0.39, 0.29) is 0 Å². The molecule has 0 spiro atoms. The van der Waals surface area contributed by atoms with E-state index >= 15 is 0 Å². The highest BCUT2D eigenvalue weighted by Crippen LogP contribution is 2.20. The third kappa shape index (κ3) is 3.20. The third-order valence-electron chi connectivity index (χ3n) is 2.30. The Morgan fingerprint density at radius 2 is 2.00 bits per heavy atom. The number of allylic oxidation sites excluding steroid dienone is 1. The highest BCUT2D eigenvalue weighted by atomic mass is 35.5. The second-order valence-electron chi connectivity index (χ2n) is 3.37. The largest absolute Gasteiger partial charge is 0.368 e. The van der Waals surface area contributed by atoms with Gasteiger partial charge in [0.25, 0.3) is 0 Å². The monoisotopic (exact) mass is 225 g/mol. The maximum Gasteiger partial charge on any atom is 0.155 e. The average molecular weight is 226 g/mol. The van der Waals surface area contributed by atoms with Crippen LogP contribution in [-0.2, 0) is 0 Å². The van der Waals surface area contributed by atoms with Crippen molar-refractivity contribution in [1.29, 1.82) is 0 Å². The second kappa shape index (κ2) is 5.71. The van der Waals surface area contributed by atoms with E-state index in [0.717, 1.165) is 29.9 Å². The van der Waals surface area contributed by atoms with Crippen LogP contribution < -0.4 is 5.32 Å². The van der Waals surface area contributed by atoms with Crippen molar-refractivity contribution < 1.29 is 0 Å². The molecule has 1 N–H and O–H groups in total. The average Bonchev–Trinajstić information content (AvgIpc) is 2.24.